The van der Waals surface area contributed by atoms with E-state index < -0.39 is 5.97 Å². The second-order valence-corrected chi connectivity index (χ2v) is 4.73. The largest absolute Gasteiger partial charge is 0.478 e. The van der Waals surface area contributed by atoms with Gasteiger partial charge in [0.15, 0.2) is 0 Å². The molecule has 0 bridgehead atoms. The van der Waals surface area contributed by atoms with E-state index in [0.717, 1.165) is 39.1 Å². The van der Waals surface area contributed by atoms with E-state index in [1.807, 2.05) is 0 Å². The molecule has 0 amide bonds. The lowest BCUT2D eigenvalue weighted by molar-refractivity contribution is -0.150. The van der Waals surface area contributed by atoms with Crippen molar-refractivity contribution in [3.63, 3.8) is 0 Å². The molecule has 0 aliphatic carbocycles. The third-order valence-electron chi connectivity index (χ3n) is 3.26. The Balaban J connectivity index is 2.05. The summed E-state index contributed by atoms with van der Waals surface area (Å²) < 4.78 is 10.8. The molecule has 1 aliphatic heterocycles. The van der Waals surface area contributed by atoms with Crippen LogP contribution in [-0.4, -0.2) is 37.5 Å². The molecule has 0 spiro atoms. The van der Waals surface area contributed by atoms with Gasteiger partial charge in [-0.25, -0.2) is 4.79 Å². The van der Waals surface area contributed by atoms with Gasteiger partial charge in [-0.1, -0.05) is 13.0 Å². The molecule has 0 aromatic carbocycles. The first-order valence-electron chi connectivity index (χ1n) is 6.15. The van der Waals surface area contributed by atoms with Gasteiger partial charge in [0.1, 0.15) is 0 Å². The smallest absolute Gasteiger partial charge is 0.330 e. The van der Waals surface area contributed by atoms with E-state index >= 15 is 0 Å². The Labute approximate surface area is 103 Å². The minimum absolute atomic E-state index is 0.243. The van der Waals surface area contributed by atoms with Crippen molar-refractivity contribution < 1.29 is 19.4 Å². The lowest BCUT2D eigenvalue weighted by atomic mass is 9.84. The summed E-state index contributed by atoms with van der Waals surface area (Å²) in [6.45, 7) is 6.82. The van der Waals surface area contributed by atoms with Crippen molar-refractivity contribution in [3.05, 3.63) is 11.6 Å². The molecule has 0 radical (unpaired) electrons. The van der Waals surface area contributed by atoms with E-state index in [0.29, 0.717) is 12.2 Å². The maximum atomic E-state index is 10.5. The molecule has 0 aromatic heterocycles. The maximum absolute atomic E-state index is 10.5. The summed E-state index contributed by atoms with van der Waals surface area (Å²) in [5.74, 6) is -0.845. The third kappa shape index (κ3) is 4.48. The number of rotatable bonds is 8. The molecule has 1 heterocycles. The molecule has 17 heavy (non-hydrogen) atoms. The van der Waals surface area contributed by atoms with E-state index in [-0.39, 0.29) is 5.41 Å². The monoisotopic (exact) mass is 242 g/mol. The maximum Gasteiger partial charge on any atom is 0.330 e. The number of allylic oxidation sites excluding steroid dienone is 1. The van der Waals surface area contributed by atoms with E-state index in [9.17, 15) is 4.79 Å². The number of aliphatic carboxylic acids is 1. The van der Waals surface area contributed by atoms with Crippen LogP contribution in [0.5, 0.6) is 0 Å². The summed E-state index contributed by atoms with van der Waals surface area (Å²) >= 11 is 0. The van der Waals surface area contributed by atoms with Crippen LogP contribution in [0.3, 0.4) is 0 Å². The summed E-state index contributed by atoms with van der Waals surface area (Å²) in [6.07, 6.45) is 4.46. The fourth-order valence-electron chi connectivity index (χ4n) is 1.66. The lowest BCUT2D eigenvalue weighted by Crippen LogP contribution is -2.45. The fraction of sp³-hybridized carbons (Fsp3) is 0.769. The summed E-state index contributed by atoms with van der Waals surface area (Å²) in [5.41, 5.74) is 0.648. The van der Waals surface area contributed by atoms with Gasteiger partial charge in [-0.3, -0.25) is 0 Å². The third-order valence-corrected chi connectivity index (χ3v) is 3.26. The highest BCUT2D eigenvalue weighted by Crippen LogP contribution is 2.31. The van der Waals surface area contributed by atoms with Gasteiger partial charge in [-0.2, -0.15) is 0 Å². The minimum atomic E-state index is -0.845. The van der Waals surface area contributed by atoms with Crippen molar-refractivity contribution in [2.75, 3.05) is 26.4 Å². The van der Waals surface area contributed by atoms with Crippen LogP contribution in [0.1, 0.15) is 33.1 Å². The molecule has 0 atom stereocenters. The van der Waals surface area contributed by atoms with Gasteiger partial charge in [-0.05, 0) is 26.2 Å². The zero-order valence-electron chi connectivity index (χ0n) is 10.7. The van der Waals surface area contributed by atoms with Crippen LogP contribution in [0.25, 0.3) is 0 Å². The molecule has 0 saturated carbocycles. The van der Waals surface area contributed by atoms with Gasteiger partial charge in [0, 0.05) is 17.6 Å². The van der Waals surface area contributed by atoms with Crippen LogP contribution >= 0.6 is 0 Å². The molecule has 1 rings (SSSR count). The number of carbonyl (C=O) groups is 1. The van der Waals surface area contributed by atoms with Crippen molar-refractivity contribution in [2.24, 2.45) is 5.41 Å². The highest BCUT2D eigenvalue weighted by Gasteiger charge is 2.36. The molecule has 98 valence electrons. The number of ether oxygens (including phenoxy) is 2. The van der Waals surface area contributed by atoms with Gasteiger partial charge >= 0.3 is 5.97 Å². The van der Waals surface area contributed by atoms with Crippen molar-refractivity contribution in [2.45, 2.75) is 33.1 Å². The molecule has 1 saturated heterocycles. The van der Waals surface area contributed by atoms with Gasteiger partial charge in [-0.15, -0.1) is 0 Å². The van der Waals surface area contributed by atoms with Gasteiger partial charge in [0.2, 0.25) is 0 Å². The van der Waals surface area contributed by atoms with E-state index in [1.54, 1.807) is 13.0 Å². The highest BCUT2D eigenvalue weighted by molar-refractivity contribution is 5.85. The van der Waals surface area contributed by atoms with Gasteiger partial charge in [0.25, 0.3) is 0 Å². The standard InChI is InChI=1S/C13H22O4/c1-3-13(9-17-10-13)8-16-7-5-4-6-11(2)12(14)15/h6H,3-5,7-10H2,1-2H3,(H,14,15). The number of carboxylic acid groups (broad SMARTS) is 1. The van der Waals surface area contributed by atoms with Gasteiger partial charge < -0.3 is 14.6 Å². The molecular formula is C13H22O4. The van der Waals surface area contributed by atoms with Crippen molar-refractivity contribution in [1.82, 2.24) is 0 Å². The molecule has 4 nitrogen and oxygen atoms in total. The predicted molar refractivity (Wildman–Crippen MR) is 65.0 cm³/mol. The van der Waals surface area contributed by atoms with Crippen LogP contribution in [-0.2, 0) is 14.3 Å². The Morgan fingerprint density at radius 3 is 2.71 bits per heavy atom. The first-order valence-corrected chi connectivity index (χ1v) is 6.15. The van der Waals surface area contributed by atoms with Crippen LogP contribution in [0.15, 0.2) is 11.6 Å². The second-order valence-electron chi connectivity index (χ2n) is 4.73. The zero-order valence-corrected chi connectivity index (χ0v) is 10.7. The van der Waals surface area contributed by atoms with Crippen LogP contribution in [0.4, 0.5) is 0 Å². The van der Waals surface area contributed by atoms with Crippen molar-refractivity contribution in [3.8, 4) is 0 Å². The Bertz CT molecular complexity index is 274. The Hall–Kier alpha value is -0.870. The Morgan fingerprint density at radius 1 is 1.53 bits per heavy atom. The van der Waals surface area contributed by atoms with Crippen LogP contribution < -0.4 is 0 Å². The Kier molecular flexibility index (Phi) is 5.65. The zero-order chi connectivity index (χ0) is 12.7. The summed E-state index contributed by atoms with van der Waals surface area (Å²) in [5, 5.41) is 8.65. The fourth-order valence-corrected chi connectivity index (χ4v) is 1.66. The van der Waals surface area contributed by atoms with Crippen molar-refractivity contribution >= 4 is 5.97 Å². The van der Waals surface area contributed by atoms with Crippen LogP contribution in [0, 0.1) is 5.41 Å². The SMILES string of the molecule is CCC1(COCCCC=C(C)C(=O)O)COC1. The molecule has 4 heteroatoms. The lowest BCUT2D eigenvalue weighted by Gasteiger charge is -2.40. The van der Waals surface area contributed by atoms with E-state index in [1.165, 1.54) is 0 Å². The average molecular weight is 242 g/mol. The first-order chi connectivity index (χ1) is 8.09. The molecule has 1 fully saturated rings. The van der Waals surface area contributed by atoms with Gasteiger partial charge in [0.05, 0.1) is 19.8 Å². The summed E-state index contributed by atoms with van der Waals surface area (Å²) in [7, 11) is 0. The first kappa shape index (κ1) is 14.2. The second kappa shape index (κ2) is 6.77. The van der Waals surface area contributed by atoms with E-state index in [4.69, 9.17) is 14.6 Å². The molecular weight excluding hydrogens is 220 g/mol. The molecule has 1 aliphatic rings. The summed E-state index contributed by atoms with van der Waals surface area (Å²) in [4.78, 5) is 10.5. The average Bonchev–Trinajstić information content (AvgIpc) is 2.25. The molecule has 0 unspecified atom stereocenters. The normalized spacial score (nSPS) is 18.8. The van der Waals surface area contributed by atoms with Crippen molar-refractivity contribution in [1.29, 1.82) is 0 Å². The number of hydrogen-bond donors (Lipinski definition) is 1. The quantitative estimate of drug-likeness (QED) is 0.524. The number of hydrogen-bond acceptors (Lipinski definition) is 3. The highest BCUT2D eigenvalue weighted by atomic mass is 16.5. The topological polar surface area (TPSA) is 55.8 Å². The van der Waals surface area contributed by atoms with E-state index in [2.05, 4.69) is 6.92 Å². The molecule has 0 aromatic rings. The Morgan fingerprint density at radius 2 is 2.24 bits per heavy atom. The predicted octanol–water partition coefficient (Wildman–Crippen LogP) is 2.24. The minimum Gasteiger partial charge on any atom is -0.478 e. The number of carboxylic acids is 1. The number of unbranched alkanes of at least 4 members (excludes halogenated alkanes) is 1. The summed E-state index contributed by atoms with van der Waals surface area (Å²) in [6, 6.07) is 0. The molecule has 1 N–H and O–H groups in total. The van der Waals surface area contributed by atoms with Crippen LogP contribution in [0.2, 0.25) is 0 Å².